The van der Waals surface area contributed by atoms with Crippen LogP contribution in [-0.4, -0.2) is 32.4 Å². The SMILES string of the molecule is Cc1cnc(-c2cccc(NC(=O)NCC(O)c3cnn(C)c3)c2)o1. The number of hydrogen-bond donors (Lipinski definition) is 3. The molecule has 8 nitrogen and oxygen atoms in total. The van der Waals surface area contributed by atoms with E-state index in [-0.39, 0.29) is 6.54 Å². The molecule has 0 aliphatic carbocycles. The normalized spacial score (nSPS) is 12.0. The maximum absolute atomic E-state index is 12.0. The average Bonchev–Trinajstić information content (AvgIpc) is 3.21. The predicted octanol–water partition coefficient (Wildman–Crippen LogP) is 2.24. The Hall–Kier alpha value is -3.13. The number of carbonyl (C=O) groups is 1. The van der Waals surface area contributed by atoms with E-state index in [9.17, 15) is 9.90 Å². The van der Waals surface area contributed by atoms with Crippen molar-refractivity contribution in [1.82, 2.24) is 20.1 Å². The van der Waals surface area contributed by atoms with Gasteiger partial charge in [-0.3, -0.25) is 4.68 Å². The molecule has 0 radical (unpaired) electrons. The lowest BCUT2D eigenvalue weighted by Crippen LogP contribution is -2.32. The number of aryl methyl sites for hydroxylation is 2. The van der Waals surface area contributed by atoms with Gasteiger partial charge in [-0.1, -0.05) is 6.07 Å². The van der Waals surface area contributed by atoms with Crippen LogP contribution in [0.1, 0.15) is 17.4 Å². The molecule has 1 unspecified atom stereocenters. The number of carbonyl (C=O) groups excluding carboxylic acids is 1. The Balaban J connectivity index is 1.57. The number of anilines is 1. The van der Waals surface area contributed by atoms with Gasteiger partial charge in [-0.05, 0) is 25.1 Å². The summed E-state index contributed by atoms with van der Waals surface area (Å²) in [5.74, 6) is 1.21. The largest absolute Gasteiger partial charge is 0.441 e. The molecule has 25 heavy (non-hydrogen) atoms. The molecule has 1 atom stereocenters. The number of oxazole rings is 1. The van der Waals surface area contributed by atoms with Crippen LogP contribution in [0.5, 0.6) is 0 Å². The molecule has 2 amide bonds. The summed E-state index contributed by atoms with van der Waals surface area (Å²) < 4.78 is 7.07. The van der Waals surface area contributed by atoms with Gasteiger partial charge in [-0.25, -0.2) is 9.78 Å². The van der Waals surface area contributed by atoms with Gasteiger partial charge in [0.05, 0.1) is 18.5 Å². The van der Waals surface area contributed by atoms with Crippen molar-refractivity contribution in [3.8, 4) is 11.5 Å². The van der Waals surface area contributed by atoms with E-state index in [4.69, 9.17) is 4.42 Å². The quantitative estimate of drug-likeness (QED) is 0.660. The van der Waals surface area contributed by atoms with Crippen LogP contribution in [-0.2, 0) is 7.05 Å². The Morgan fingerprint density at radius 1 is 1.40 bits per heavy atom. The zero-order valence-electron chi connectivity index (χ0n) is 13.9. The summed E-state index contributed by atoms with van der Waals surface area (Å²) >= 11 is 0. The second kappa shape index (κ2) is 7.18. The van der Waals surface area contributed by atoms with Crippen LogP contribution in [0.2, 0.25) is 0 Å². The van der Waals surface area contributed by atoms with Crippen LogP contribution in [0, 0.1) is 6.92 Å². The number of benzene rings is 1. The van der Waals surface area contributed by atoms with Crippen molar-refractivity contribution in [3.63, 3.8) is 0 Å². The maximum Gasteiger partial charge on any atom is 0.319 e. The van der Waals surface area contributed by atoms with Crippen LogP contribution >= 0.6 is 0 Å². The monoisotopic (exact) mass is 341 g/mol. The van der Waals surface area contributed by atoms with Gasteiger partial charge in [0.2, 0.25) is 5.89 Å². The molecule has 0 bridgehead atoms. The third-order valence-corrected chi connectivity index (χ3v) is 3.55. The summed E-state index contributed by atoms with van der Waals surface area (Å²) in [4.78, 5) is 16.2. The van der Waals surface area contributed by atoms with Gasteiger partial charge in [0.1, 0.15) is 5.76 Å². The van der Waals surface area contributed by atoms with E-state index in [1.165, 1.54) is 0 Å². The van der Waals surface area contributed by atoms with Crippen molar-refractivity contribution >= 4 is 11.7 Å². The van der Waals surface area contributed by atoms with Crippen molar-refractivity contribution in [1.29, 1.82) is 0 Å². The van der Waals surface area contributed by atoms with E-state index in [1.807, 2.05) is 13.0 Å². The Morgan fingerprint density at radius 3 is 2.92 bits per heavy atom. The number of aromatic nitrogens is 3. The standard InChI is InChI=1S/C17H19N5O3/c1-11-7-18-16(25-11)12-4-3-5-14(6-12)21-17(24)19-9-15(23)13-8-20-22(2)10-13/h3-8,10,15,23H,9H2,1-2H3,(H2,19,21,24). The Labute approximate surface area is 144 Å². The first-order valence-corrected chi connectivity index (χ1v) is 7.75. The molecule has 0 saturated heterocycles. The van der Waals surface area contributed by atoms with E-state index < -0.39 is 12.1 Å². The van der Waals surface area contributed by atoms with Crippen molar-refractivity contribution in [2.45, 2.75) is 13.0 Å². The average molecular weight is 341 g/mol. The number of nitrogens with zero attached hydrogens (tertiary/aromatic N) is 3. The molecule has 0 aliphatic heterocycles. The lowest BCUT2D eigenvalue weighted by Gasteiger charge is -2.11. The molecule has 130 valence electrons. The topological polar surface area (TPSA) is 105 Å². The molecular formula is C17H19N5O3. The first kappa shape index (κ1) is 16.7. The summed E-state index contributed by atoms with van der Waals surface area (Å²) in [5.41, 5.74) is 2.01. The number of nitrogens with one attached hydrogen (secondary N) is 2. The lowest BCUT2D eigenvalue weighted by atomic mass is 10.2. The summed E-state index contributed by atoms with van der Waals surface area (Å²) in [6.45, 7) is 1.90. The zero-order chi connectivity index (χ0) is 17.8. The third-order valence-electron chi connectivity index (χ3n) is 3.55. The van der Waals surface area contributed by atoms with E-state index in [2.05, 4.69) is 20.7 Å². The molecule has 1 aromatic carbocycles. The molecule has 2 aromatic heterocycles. The van der Waals surface area contributed by atoms with Crippen molar-refractivity contribution < 1.29 is 14.3 Å². The highest BCUT2D eigenvalue weighted by molar-refractivity contribution is 5.89. The van der Waals surface area contributed by atoms with Gasteiger partial charge in [-0.15, -0.1) is 0 Å². The molecule has 0 saturated carbocycles. The van der Waals surface area contributed by atoms with Crippen LogP contribution < -0.4 is 10.6 Å². The molecule has 0 spiro atoms. The fraction of sp³-hybridized carbons (Fsp3) is 0.235. The second-order valence-electron chi connectivity index (χ2n) is 5.66. The summed E-state index contributed by atoms with van der Waals surface area (Å²) in [7, 11) is 1.76. The molecule has 3 aromatic rings. The number of amides is 2. The van der Waals surface area contributed by atoms with Crippen molar-refractivity contribution in [3.05, 3.63) is 54.2 Å². The number of hydrogen-bond acceptors (Lipinski definition) is 5. The minimum Gasteiger partial charge on any atom is -0.441 e. The van der Waals surface area contributed by atoms with Gasteiger partial charge in [0, 0.05) is 36.6 Å². The Kier molecular flexibility index (Phi) is 4.80. The summed E-state index contributed by atoms with van der Waals surface area (Å²) in [5, 5.41) is 19.4. The number of rotatable bonds is 5. The van der Waals surface area contributed by atoms with E-state index >= 15 is 0 Å². The van der Waals surface area contributed by atoms with Crippen LogP contribution in [0.15, 0.2) is 47.3 Å². The van der Waals surface area contributed by atoms with Crippen LogP contribution in [0.25, 0.3) is 11.5 Å². The number of aliphatic hydroxyl groups is 1. The number of urea groups is 1. The van der Waals surface area contributed by atoms with Crippen molar-refractivity contribution in [2.75, 3.05) is 11.9 Å². The van der Waals surface area contributed by atoms with Gasteiger partial charge in [-0.2, -0.15) is 5.10 Å². The third kappa shape index (κ3) is 4.24. The first-order valence-electron chi connectivity index (χ1n) is 7.75. The van der Waals surface area contributed by atoms with Crippen LogP contribution in [0.4, 0.5) is 10.5 Å². The Bertz CT molecular complexity index is 871. The fourth-order valence-electron chi connectivity index (χ4n) is 2.31. The van der Waals surface area contributed by atoms with Gasteiger partial charge in [0.15, 0.2) is 0 Å². The maximum atomic E-state index is 12.0. The highest BCUT2D eigenvalue weighted by atomic mass is 16.4. The highest BCUT2D eigenvalue weighted by Crippen LogP contribution is 2.22. The predicted molar refractivity (Wildman–Crippen MR) is 91.9 cm³/mol. The first-order chi connectivity index (χ1) is 12.0. The summed E-state index contributed by atoms with van der Waals surface area (Å²) in [6, 6.07) is 6.76. The van der Waals surface area contributed by atoms with E-state index in [1.54, 1.807) is 48.5 Å². The van der Waals surface area contributed by atoms with E-state index in [0.29, 0.717) is 17.1 Å². The molecule has 2 heterocycles. The molecule has 0 aliphatic rings. The van der Waals surface area contributed by atoms with Crippen molar-refractivity contribution in [2.24, 2.45) is 7.05 Å². The Morgan fingerprint density at radius 2 is 2.24 bits per heavy atom. The van der Waals surface area contributed by atoms with Crippen LogP contribution in [0.3, 0.4) is 0 Å². The highest BCUT2D eigenvalue weighted by Gasteiger charge is 2.12. The fourth-order valence-corrected chi connectivity index (χ4v) is 2.31. The van der Waals surface area contributed by atoms with E-state index in [0.717, 1.165) is 11.3 Å². The van der Waals surface area contributed by atoms with Gasteiger partial charge >= 0.3 is 6.03 Å². The zero-order valence-corrected chi connectivity index (χ0v) is 13.9. The summed E-state index contributed by atoms with van der Waals surface area (Å²) in [6.07, 6.45) is 4.08. The van der Waals surface area contributed by atoms with Gasteiger partial charge in [0.25, 0.3) is 0 Å². The second-order valence-corrected chi connectivity index (χ2v) is 5.66. The lowest BCUT2D eigenvalue weighted by molar-refractivity contribution is 0.175. The molecule has 3 N–H and O–H groups in total. The smallest absolute Gasteiger partial charge is 0.319 e. The number of aliphatic hydroxyl groups excluding tert-OH is 1. The molecule has 3 rings (SSSR count). The molecule has 8 heteroatoms. The van der Waals surface area contributed by atoms with Gasteiger partial charge < -0.3 is 20.2 Å². The molecular weight excluding hydrogens is 322 g/mol. The minimum atomic E-state index is -0.818. The molecule has 0 fully saturated rings. The minimum absolute atomic E-state index is 0.0795.